The van der Waals surface area contributed by atoms with Crippen LogP contribution in [0.5, 0.6) is 0 Å². The van der Waals surface area contributed by atoms with Crippen molar-refractivity contribution in [3.8, 4) is 0 Å². The first kappa shape index (κ1) is 16.5. The molecule has 3 rings (SSSR count). The maximum atomic E-state index is 11.8. The highest BCUT2D eigenvalue weighted by molar-refractivity contribution is 6.62. The molecule has 1 aromatic carbocycles. The molecule has 0 spiro atoms. The predicted molar refractivity (Wildman–Crippen MR) is 89.6 cm³/mol. The minimum Gasteiger partial charge on any atom is -0.466 e. The quantitative estimate of drug-likeness (QED) is 0.633. The maximum Gasteiger partial charge on any atom is 0.494 e. The van der Waals surface area contributed by atoms with Crippen LogP contribution in [0.15, 0.2) is 24.3 Å². The maximum absolute atomic E-state index is 11.8. The summed E-state index contributed by atoms with van der Waals surface area (Å²) in [6, 6.07) is 8.20. The van der Waals surface area contributed by atoms with Crippen LogP contribution in [0.4, 0.5) is 0 Å². The van der Waals surface area contributed by atoms with E-state index in [0.717, 1.165) is 17.4 Å². The van der Waals surface area contributed by atoms with Gasteiger partial charge < -0.3 is 14.0 Å². The van der Waals surface area contributed by atoms with Gasteiger partial charge in [-0.25, -0.2) is 0 Å². The van der Waals surface area contributed by atoms with Crippen molar-refractivity contribution in [1.29, 1.82) is 0 Å². The molecule has 0 bridgehead atoms. The van der Waals surface area contributed by atoms with Crippen molar-refractivity contribution >= 4 is 18.6 Å². The highest BCUT2D eigenvalue weighted by Crippen LogP contribution is 2.48. The molecule has 2 aliphatic rings. The minimum absolute atomic E-state index is 0.00324. The standard InChI is InChI=1S/C18H25BO4/c1-6-21-16(20)15-11-14(15)12-8-7-9-13(10-12)19-22-17(2,3)18(4,5)23-19/h7-10,14-15H,6,11H2,1-5H3. The summed E-state index contributed by atoms with van der Waals surface area (Å²) in [4.78, 5) is 11.8. The second kappa shape index (κ2) is 5.64. The predicted octanol–water partition coefficient (Wildman–Crippen LogP) is 2.65. The number of ether oxygens (including phenoxy) is 1. The van der Waals surface area contributed by atoms with Crippen molar-refractivity contribution in [2.75, 3.05) is 6.61 Å². The van der Waals surface area contributed by atoms with Gasteiger partial charge >= 0.3 is 13.1 Å². The average Bonchev–Trinajstić information content (AvgIpc) is 3.23. The van der Waals surface area contributed by atoms with Crippen LogP contribution in [0.25, 0.3) is 0 Å². The number of esters is 1. The molecule has 1 aliphatic heterocycles. The molecule has 1 aromatic rings. The molecular formula is C18H25BO4. The molecule has 4 nitrogen and oxygen atoms in total. The highest BCUT2D eigenvalue weighted by atomic mass is 16.7. The summed E-state index contributed by atoms with van der Waals surface area (Å²) in [6.45, 7) is 10.5. The Kier molecular flexibility index (Phi) is 4.05. The zero-order chi connectivity index (χ0) is 16.8. The number of carbonyl (C=O) groups is 1. The van der Waals surface area contributed by atoms with E-state index >= 15 is 0 Å². The Balaban J connectivity index is 1.74. The van der Waals surface area contributed by atoms with Gasteiger partial charge in [-0.15, -0.1) is 0 Å². The van der Waals surface area contributed by atoms with Gasteiger partial charge in [0, 0.05) is 0 Å². The molecule has 2 unspecified atom stereocenters. The Bertz CT molecular complexity index is 595. The van der Waals surface area contributed by atoms with Crippen LogP contribution in [0.2, 0.25) is 0 Å². The number of carbonyl (C=O) groups excluding carboxylic acids is 1. The van der Waals surface area contributed by atoms with Crippen molar-refractivity contribution in [3.05, 3.63) is 29.8 Å². The molecule has 2 atom stereocenters. The van der Waals surface area contributed by atoms with Crippen LogP contribution in [0.3, 0.4) is 0 Å². The van der Waals surface area contributed by atoms with Crippen molar-refractivity contribution in [3.63, 3.8) is 0 Å². The number of hydrogen-bond acceptors (Lipinski definition) is 4. The van der Waals surface area contributed by atoms with Gasteiger partial charge in [-0.2, -0.15) is 0 Å². The average molecular weight is 316 g/mol. The largest absolute Gasteiger partial charge is 0.494 e. The molecule has 0 aromatic heterocycles. The van der Waals surface area contributed by atoms with Gasteiger partial charge in [0.15, 0.2) is 0 Å². The molecule has 1 saturated heterocycles. The summed E-state index contributed by atoms with van der Waals surface area (Å²) >= 11 is 0. The SMILES string of the molecule is CCOC(=O)C1CC1c1cccc(B2OC(C)(C)C(C)(C)O2)c1. The lowest BCUT2D eigenvalue weighted by Gasteiger charge is -2.32. The molecule has 23 heavy (non-hydrogen) atoms. The second-order valence-corrected chi connectivity index (χ2v) is 7.46. The van der Waals surface area contributed by atoms with E-state index < -0.39 is 0 Å². The van der Waals surface area contributed by atoms with Crippen LogP contribution >= 0.6 is 0 Å². The summed E-state index contributed by atoms with van der Waals surface area (Å²) in [5.74, 6) is 0.179. The fourth-order valence-corrected chi connectivity index (χ4v) is 2.99. The van der Waals surface area contributed by atoms with E-state index in [4.69, 9.17) is 14.0 Å². The summed E-state index contributed by atoms with van der Waals surface area (Å²) < 4.78 is 17.3. The first-order valence-corrected chi connectivity index (χ1v) is 8.37. The molecule has 0 amide bonds. The van der Waals surface area contributed by atoms with Crippen LogP contribution in [0.1, 0.15) is 52.5 Å². The molecule has 0 radical (unpaired) electrons. The van der Waals surface area contributed by atoms with Gasteiger partial charge in [0.2, 0.25) is 0 Å². The van der Waals surface area contributed by atoms with E-state index in [1.807, 2.05) is 19.1 Å². The van der Waals surface area contributed by atoms with E-state index in [1.54, 1.807) is 0 Å². The third-order valence-electron chi connectivity index (χ3n) is 5.24. The molecule has 5 heteroatoms. The van der Waals surface area contributed by atoms with Gasteiger partial charge in [0.05, 0.1) is 23.7 Å². The number of hydrogen-bond donors (Lipinski definition) is 0. The normalized spacial score (nSPS) is 27.8. The monoisotopic (exact) mass is 316 g/mol. The molecular weight excluding hydrogens is 291 g/mol. The minimum atomic E-state index is -0.361. The lowest BCUT2D eigenvalue weighted by atomic mass is 9.78. The van der Waals surface area contributed by atoms with Gasteiger partial charge in [-0.1, -0.05) is 24.3 Å². The van der Waals surface area contributed by atoms with E-state index in [9.17, 15) is 4.79 Å². The zero-order valence-electron chi connectivity index (χ0n) is 14.6. The topological polar surface area (TPSA) is 44.8 Å². The van der Waals surface area contributed by atoms with Gasteiger partial charge in [0.25, 0.3) is 0 Å². The molecule has 2 fully saturated rings. The second-order valence-electron chi connectivity index (χ2n) is 7.46. The molecule has 1 aliphatic carbocycles. The summed E-state index contributed by atoms with van der Waals surface area (Å²) in [5, 5.41) is 0. The third kappa shape index (κ3) is 3.04. The Morgan fingerprint density at radius 2 is 1.91 bits per heavy atom. The van der Waals surface area contributed by atoms with E-state index in [-0.39, 0.29) is 36.1 Å². The lowest BCUT2D eigenvalue weighted by Crippen LogP contribution is -2.41. The molecule has 1 heterocycles. The molecule has 1 saturated carbocycles. The molecule has 0 N–H and O–H groups in total. The number of rotatable bonds is 4. The van der Waals surface area contributed by atoms with Crippen LogP contribution in [-0.4, -0.2) is 30.9 Å². The van der Waals surface area contributed by atoms with Gasteiger partial charge in [-0.3, -0.25) is 4.79 Å². The summed E-state index contributed by atoms with van der Waals surface area (Å²) in [5.41, 5.74) is 1.48. The Morgan fingerprint density at radius 1 is 1.26 bits per heavy atom. The van der Waals surface area contributed by atoms with Crippen LogP contribution < -0.4 is 5.46 Å². The summed E-state index contributed by atoms with van der Waals surface area (Å²) in [7, 11) is -0.361. The van der Waals surface area contributed by atoms with E-state index in [2.05, 4.69) is 39.8 Å². The van der Waals surface area contributed by atoms with E-state index in [1.165, 1.54) is 0 Å². The van der Waals surface area contributed by atoms with E-state index in [0.29, 0.717) is 6.61 Å². The summed E-state index contributed by atoms with van der Waals surface area (Å²) in [6.07, 6.45) is 0.867. The first-order valence-electron chi connectivity index (χ1n) is 8.37. The van der Waals surface area contributed by atoms with Crippen molar-refractivity contribution in [2.45, 2.75) is 58.2 Å². The van der Waals surface area contributed by atoms with Crippen molar-refractivity contribution < 1.29 is 18.8 Å². The fraction of sp³-hybridized carbons (Fsp3) is 0.611. The van der Waals surface area contributed by atoms with Gasteiger partial charge in [0.1, 0.15) is 0 Å². The highest BCUT2D eigenvalue weighted by Gasteiger charge is 2.52. The van der Waals surface area contributed by atoms with Crippen molar-refractivity contribution in [1.82, 2.24) is 0 Å². The smallest absolute Gasteiger partial charge is 0.466 e. The third-order valence-corrected chi connectivity index (χ3v) is 5.24. The fourth-order valence-electron chi connectivity index (χ4n) is 2.99. The van der Waals surface area contributed by atoms with Crippen LogP contribution in [0, 0.1) is 5.92 Å². The molecule has 124 valence electrons. The zero-order valence-corrected chi connectivity index (χ0v) is 14.6. The van der Waals surface area contributed by atoms with Crippen LogP contribution in [-0.2, 0) is 18.8 Å². The Labute approximate surface area is 138 Å². The number of benzene rings is 1. The van der Waals surface area contributed by atoms with Crippen molar-refractivity contribution in [2.24, 2.45) is 5.92 Å². The van der Waals surface area contributed by atoms with Gasteiger partial charge in [-0.05, 0) is 58.0 Å². The lowest BCUT2D eigenvalue weighted by molar-refractivity contribution is -0.144. The Morgan fingerprint density at radius 3 is 2.52 bits per heavy atom. The first-order chi connectivity index (χ1) is 10.7. The Hall–Kier alpha value is -1.33.